The molecular formula is C19H17NO2. The van der Waals surface area contributed by atoms with Crippen LogP contribution in [0.15, 0.2) is 59.4 Å². The standard InChI is InChI=1S/C19H17NO2/c21-16-11-6-12-20-18(16)17(13-7-2-1-3-8-13)14-9-4-5-10-15(14)19(20)22/h1-5,7-10,16,21H,6,11-12H2. The highest BCUT2D eigenvalue weighted by atomic mass is 16.3. The largest absolute Gasteiger partial charge is 0.387 e. The van der Waals surface area contributed by atoms with E-state index in [4.69, 9.17) is 0 Å². The van der Waals surface area contributed by atoms with Gasteiger partial charge in [0.2, 0.25) is 0 Å². The van der Waals surface area contributed by atoms with Gasteiger partial charge in [-0.2, -0.15) is 0 Å². The smallest absolute Gasteiger partial charge is 0.258 e. The summed E-state index contributed by atoms with van der Waals surface area (Å²) in [6.07, 6.45) is 0.958. The molecule has 2 heterocycles. The number of hydrogen-bond donors (Lipinski definition) is 1. The van der Waals surface area contributed by atoms with Gasteiger partial charge in [-0.15, -0.1) is 0 Å². The third-order valence-electron chi connectivity index (χ3n) is 4.46. The molecule has 1 aliphatic rings. The van der Waals surface area contributed by atoms with E-state index in [1.807, 2.05) is 54.6 Å². The van der Waals surface area contributed by atoms with E-state index in [0.29, 0.717) is 13.0 Å². The Morgan fingerprint density at radius 2 is 1.64 bits per heavy atom. The Balaban J connectivity index is 2.20. The number of aromatic nitrogens is 1. The summed E-state index contributed by atoms with van der Waals surface area (Å²) in [6.45, 7) is 0.676. The first kappa shape index (κ1) is 13.3. The molecule has 0 saturated heterocycles. The molecule has 0 bridgehead atoms. The molecule has 1 aliphatic heterocycles. The average molecular weight is 291 g/mol. The topological polar surface area (TPSA) is 42.2 Å². The first-order valence-corrected chi connectivity index (χ1v) is 7.66. The molecule has 3 aromatic rings. The first-order valence-electron chi connectivity index (χ1n) is 7.66. The maximum Gasteiger partial charge on any atom is 0.258 e. The van der Waals surface area contributed by atoms with Crippen LogP contribution in [0.2, 0.25) is 0 Å². The monoisotopic (exact) mass is 291 g/mol. The SMILES string of the molecule is O=c1c2ccccc2c(-c2ccccc2)c2n1CCCC2O. The minimum Gasteiger partial charge on any atom is -0.387 e. The molecule has 1 unspecified atom stereocenters. The van der Waals surface area contributed by atoms with Crippen molar-refractivity contribution in [3.8, 4) is 11.1 Å². The molecule has 0 radical (unpaired) electrons. The number of aliphatic hydroxyl groups is 1. The molecule has 22 heavy (non-hydrogen) atoms. The van der Waals surface area contributed by atoms with Gasteiger partial charge >= 0.3 is 0 Å². The predicted octanol–water partition coefficient (Wildman–Crippen LogP) is 3.50. The van der Waals surface area contributed by atoms with Crippen LogP contribution in [0.5, 0.6) is 0 Å². The van der Waals surface area contributed by atoms with E-state index in [1.165, 1.54) is 0 Å². The zero-order valence-electron chi connectivity index (χ0n) is 12.2. The van der Waals surface area contributed by atoms with Gasteiger partial charge in [0.05, 0.1) is 11.8 Å². The molecule has 0 aliphatic carbocycles. The Labute approximate surface area is 128 Å². The van der Waals surface area contributed by atoms with Crippen LogP contribution in [-0.2, 0) is 6.54 Å². The van der Waals surface area contributed by atoms with Gasteiger partial charge in [0.25, 0.3) is 5.56 Å². The van der Waals surface area contributed by atoms with E-state index in [2.05, 4.69) is 0 Å². The van der Waals surface area contributed by atoms with E-state index in [0.717, 1.165) is 34.0 Å². The Bertz CT molecular complexity index is 896. The second kappa shape index (κ2) is 5.11. The van der Waals surface area contributed by atoms with Crippen LogP contribution in [0.3, 0.4) is 0 Å². The summed E-state index contributed by atoms with van der Waals surface area (Å²) < 4.78 is 1.76. The molecule has 3 nitrogen and oxygen atoms in total. The number of fused-ring (bicyclic) bond motifs is 2. The maximum absolute atomic E-state index is 12.8. The van der Waals surface area contributed by atoms with Crippen molar-refractivity contribution >= 4 is 10.8 Å². The Kier molecular flexibility index (Phi) is 3.09. The van der Waals surface area contributed by atoms with Gasteiger partial charge in [0.1, 0.15) is 0 Å². The van der Waals surface area contributed by atoms with Crippen LogP contribution in [-0.4, -0.2) is 9.67 Å². The van der Waals surface area contributed by atoms with E-state index in [-0.39, 0.29) is 5.56 Å². The third kappa shape index (κ3) is 1.90. The molecule has 1 aromatic heterocycles. The normalized spacial score (nSPS) is 17.4. The van der Waals surface area contributed by atoms with Gasteiger partial charge in [-0.25, -0.2) is 0 Å². The van der Waals surface area contributed by atoms with Crippen molar-refractivity contribution in [1.82, 2.24) is 4.57 Å². The third-order valence-corrected chi connectivity index (χ3v) is 4.46. The number of rotatable bonds is 1. The quantitative estimate of drug-likeness (QED) is 0.745. The van der Waals surface area contributed by atoms with Gasteiger partial charge in [-0.3, -0.25) is 4.79 Å². The van der Waals surface area contributed by atoms with Gasteiger partial charge in [0.15, 0.2) is 0 Å². The number of nitrogens with zero attached hydrogens (tertiary/aromatic N) is 1. The average Bonchev–Trinajstić information content (AvgIpc) is 2.57. The van der Waals surface area contributed by atoms with Crippen LogP contribution in [0.1, 0.15) is 24.6 Å². The second-order valence-electron chi connectivity index (χ2n) is 5.79. The van der Waals surface area contributed by atoms with Gasteiger partial charge in [0, 0.05) is 17.5 Å². The predicted molar refractivity (Wildman–Crippen MR) is 87.8 cm³/mol. The summed E-state index contributed by atoms with van der Waals surface area (Å²) in [7, 11) is 0. The molecule has 110 valence electrons. The molecule has 1 N–H and O–H groups in total. The van der Waals surface area contributed by atoms with Crippen LogP contribution < -0.4 is 5.56 Å². The minimum absolute atomic E-state index is 0.00373. The zero-order valence-corrected chi connectivity index (χ0v) is 12.2. The lowest BCUT2D eigenvalue weighted by Crippen LogP contribution is -2.30. The number of benzene rings is 2. The lowest BCUT2D eigenvalue weighted by atomic mass is 9.91. The van der Waals surface area contributed by atoms with Crippen molar-refractivity contribution < 1.29 is 5.11 Å². The lowest BCUT2D eigenvalue weighted by molar-refractivity contribution is 0.138. The molecule has 1 atom stereocenters. The van der Waals surface area contributed by atoms with Crippen LogP contribution in [0, 0.1) is 0 Å². The Hall–Kier alpha value is -2.39. The van der Waals surface area contributed by atoms with Crippen molar-refractivity contribution in [2.45, 2.75) is 25.5 Å². The summed E-state index contributed by atoms with van der Waals surface area (Å²) in [5, 5.41) is 12.2. The molecule has 0 saturated carbocycles. The first-order chi connectivity index (χ1) is 10.8. The number of pyridine rings is 1. The van der Waals surface area contributed by atoms with Crippen molar-refractivity contribution in [2.75, 3.05) is 0 Å². The number of hydrogen-bond acceptors (Lipinski definition) is 2. The van der Waals surface area contributed by atoms with E-state index in [1.54, 1.807) is 4.57 Å². The molecule has 0 fully saturated rings. The highest BCUT2D eigenvalue weighted by Gasteiger charge is 2.25. The molecule has 0 amide bonds. The van der Waals surface area contributed by atoms with E-state index >= 15 is 0 Å². The van der Waals surface area contributed by atoms with Crippen molar-refractivity contribution in [2.24, 2.45) is 0 Å². The van der Waals surface area contributed by atoms with Gasteiger partial charge in [-0.1, -0.05) is 48.5 Å². The van der Waals surface area contributed by atoms with Crippen LogP contribution in [0.25, 0.3) is 21.9 Å². The lowest BCUT2D eigenvalue weighted by Gasteiger charge is -2.27. The highest BCUT2D eigenvalue weighted by molar-refractivity contribution is 5.97. The Morgan fingerprint density at radius 1 is 0.955 bits per heavy atom. The molecule has 3 heteroatoms. The van der Waals surface area contributed by atoms with Gasteiger partial charge in [-0.05, 0) is 29.9 Å². The molecular weight excluding hydrogens is 274 g/mol. The molecule has 2 aromatic carbocycles. The summed E-state index contributed by atoms with van der Waals surface area (Å²) in [5.41, 5.74) is 2.80. The molecule has 4 rings (SSSR count). The minimum atomic E-state index is -0.582. The van der Waals surface area contributed by atoms with Gasteiger partial charge < -0.3 is 9.67 Å². The summed E-state index contributed by atoms with van der Waals surface area (Å²) in [4.78, 5) is 12.8. The van der Waals surface area contributed by atoms with E-state index in [9.17, 15) is 9.90 Å². The summed E-state index contributed by atoms with van der Waals surface area (Å²) in [6, 6.07) is 17.7. The highest BCUT2D eigenvalue weighted by Crippen LogP contribution is 2.37. The fourth-order valence-corrected chi connectivity index (χ4v) is 3.47. The zero-order chi connectivity index (χ0) is 15.1. The number of aliphatic hydroxyl groups excluding tert-OH is 1. The Morgan fingerprint density at radius 3 is 2.41 bits per heavy atom. The summed E-state index contributed by atoms with van der Waals surface area (Å²) in [5.74, 6) is 0. The fraction of sp³-hybridized carbons (Fsp3) is 0.211. The maximum atomic E-state index is 12.8. The fourth-order valence-electron chi connectivity index (χ4n) is 3.47. The second-order valence-corrected chi connectivity index (χ2v) is 5.79. The van der Waals surface area contributed by atoms with Crippen molar-refractivity contribution in [3.05, 3.63) is 70.6 Å². The molecule has 0 spiro atoms. The van der Waals surface area contributed by atoms with E-state index < -0.39 is 6.10 Å². The van der Waals surface area contributed by atoms with Crippen LogP contribution in [0.4, 0.5) is 0 Å². The summed E-state index contributed by atoms with van der Waals surface area (Å²) >= 11 is 0. The van der Waals surface area contributed by atoms with Crippen LogP contribution >= 0.6 is 0 Å². The van der Waals surface area contributed by atoms with Crippen molar-refractivity contribution in [1.29, 1.82) is 0 Å². The van der Waals surface area contributed by atoms with Crippen molar-refractivity contribution in [3.63, 3.8) is 0 Å².